The minimum Gasteiger partial charge on any atom is -0.507 e. The molecule has 0 saturated carbocycles. The summed E-state index contributed by atoms with van der Waals surface area (Å²) < 4.78 is 17.3. The first-order valence-corrected chi connectivity index (χ1v) is 13.2. The lowest BCUT2D eigenvalue weighted by Crippen LogP contribution is -2.29. The number of ether oxygens (including phenoxy) is 3. The first-order chi connectivity index (χ1) is 18.7. The summed E-state index contributed by atoms with van der Waals surface area (Å²) in [5.74, 6) is -0.0196. The fourth-order valence-corrected chi connectivity index (χ4v) is 4.78. The minimum absolute atomic E-state index is 0.00881. The molecule has 4 rings (SSSR count). The van der Waals surface area contributed by atoms with Crippen LogP contribution in [0.4, 0.5) is 5.69 Å². The maximum Gasteiger partial charge on any atom is 0.300 e. The Morgan fingerprint density at radius 2 is 1.59 bits per heavy atom. The van der Waals surface area contributed by atoms with Gasteiger partial charge < -0.3 is 19.3 Å². The number of amides is 1. The van der Waals surface area contributed by atoms with E-state index < -0.39 is 17.7 Å². The summed E-state index contributed by atoms with van der Waals surface area (Å²) in [4.78, 5) is 28.6. The van der Waals surface area contributed by atoms with Gasteiger partial charge in [-0.2, -0.15) is 0 Å². The number of hydrogen-bond donors (Lipinski definition) is 1. The summed E-state index contributed by atoms with van der Waals surface area (Å²) in [6.45, 7) is 12.3. The molecule has 1 atom stereocenters. The summed E-state index contributed by atoms with van der Waals surface area (Å²) in [6.07, 6.45) is -0.00881. The Morgan fingerprint density at radius 1 is 0.897 bits per heavy atom. The molecule has 7 heteroatoms. The van der Waals surface area contributed by atoms with Gasteiger partial charge in [0.15, 0.2) is 11.5 Å². The van der Waals surface area contributed by atoms with Crippen LogP contribution >= 0.6 is 0 Å². The van der Waals surface area contributed by atoms with E-state index in [1.165, 1.54) is 4.90 Å². The molecule has 39 heavy (non-hydrogen) atoms. The van der Waals surface area contributed by atoms with Gasteiger partial charge in [0, 0.05) is 17.3 Å². The van der Waals surface area contributed by atoms with Crippen molar-refractivity contribution in [3.63, 3.8) is 0 Å². The molecule has 1 fully saturated rings. The van der Waals surface area contributed by atoms with Crippen molar-refractivity contribution >= 4 is 23.1 Å². The maximum absolute atomic E-state index is 13.6. The van der Waals surface area contributed by atoms with E-state index in [-0.39, 0.29) is 17.4 Å². The zero-order valence-electron chi connectivity index (χ0n) is 23.3. The molecule has 0 bridgehead atoms. The Labute approximate surface area is 229 Å². The Bertz CT molecular complexity index is 1420. The standard InChI is InChI=1S/C32H35NO6/c1-7-37-26-15-13-24(18-27(26)38-8-2)33-29(22-11-9-10-20(5)16-22)28(31(35)32(33)36)30(34)23-12-14-25(21(6)17-23)39-19(3)4/h9-19,29,34H,7-8H2,1-6H3/b30-28+. The Kier molecular flexibility index (Phi) is 8.29. The van der Waals surface area contributed by atoms with Gasteiger partial charge in [-0.05, 0) is 83.0 Å². The number of Topliss-reactive ketones (excluding diaryl/α,β-unsaturated/α-hetero) is 1. The lowest BCUT2D eigenvalue weighted by Gasteiger charge is -2.26. The van der Waals surface area contributed by atoms with Crippen molar-refractivity contribution in [3.05, 3.63) is 88.5 Å². The van der Waals surface area contributed by atoms with Crippen LogP contribution in [0.2, 0.25) is 0 Å². The number of aliphatic hydroxyl groups is 1. The van der Waals surface area contributed by atoms with Crippen molar-refractivity contribution < 1.29 is 28.9 Å². The number of rotatable bonds is 9. The molecule has 1 unspecified atom stereocenters. The van der Waals surface area contributed by atoms with Gasteiger partial charge in [0.1, 0.15) is 11.5 Å². The highest BCUT2D eigenvalue weighted by Crippen LogP contribution is 2.44. The maximum atomic E-state index is 13.6. The lowest BCUT2D eigenvalue weighted by atomic mass is 9.93. The first-order valence-electron chi connectivity index (χ1n) is 13.2. The summed E-state index contributed by atoms with van der Waals surface area (Å²) in [7, 11) is 0. The molecular formula is C32H35NO6. The zero-order chi connectivity index (χ0) is 28.3. The fourth-order valence-electron chi connectivity index (χ4n) is 4.78. The second-order valence-electron chi connectivity index (χ2n) is 9.73. The van der Waals surface area contributed by atoms with Gasteiger partial charge in [0.05, 0.1) is 30.9 Å². The quantitative estimate of drug-likeness (QED) is 0.193. The van der Waals surface area contributed by atoms with E-state index in [9.17, 15) is 14.7 Å². The van der Waals surface area contributed by atoms with E-state index in [2.05, 4.69) is 0 Å². The zero-order valence-corrected chi connectivity index (χ0v) is 23.3. The molecular weight excluding hydrogens is 494 g/mol. The molecule has 1 saturated heterocycles. The Hall–Kier alpha value is -4.26. The molecule has 204 valence electrons. The molecule has 1 N–H and O–H groups in total. The number of carbonyl (C=O) groups excluding carboxylic acids is 2. The van der Waals surface area contributed by atoms with Crippen molar-refractivity contribution in [1.29, 1.82) is 0 Å². The highest BCUT2D eigenvalue weighted by atomic mass is 16.5. The molecule has 3 aromatic carbocycles. The molecule has 0 aromatic heterocycles. The van der Waals surface area contributed by atoms with Crippen LogP contribution in [0, 0.1) is 13.8 Å². The summed E-state index contributed by atoms with van der Waals surface area (Å²) in [5.41, 5.74) is 3.40. The van der Waals surface area contributed by atoms with Gasteiger partial charge >= 0.3 is 0 Å². The molecule has 0 spiro atoms. The van der Waals surface area contributed by atoms with E-state index in [4.69, 9.17) is 14.2 Å². The van der Waals surface area contributed by atoms with Crippen LogP contribution in [0.25, 0.3) is 5.76 Å². The predicted octanol–water partition coefficient (Wildman–Crippen LogP) is 6.51. The van der Waals surface area contributed by atoms with Crippen LogP contribution in [-0.4, -0.2) is 36.1 Å². The number of anilines is 1. The smallest absolute Gasteiger partial charge is 0.300 e. The van der Waals surface area contributed by atoms with E-state index in [0.717, 1.165) is 11.1 Å². The highest BCUT2D eigenvalue weighted by molar-refractivity contribution is 6.51. The molecule has 1 aliphatic heterocycles. The lowest BCUT2D eigenvalue weighted by molar-refractivity contribution is -0.132. The number of aliphatic hydroxyl groups excluding tert-OH is 1. The monoisotopic (exact) mass is 529 g/mol. The van der Waals surface area contributed by atoms with Crippen molar-refractivity contribution in [2.24, 2.45) is 0 Å². The SMILES string of the molecule is CCOc1ccc(N2C(=O)C(=O)/C(=C(/O)c3ccc(OC(C)C)c(C)c3)C2c2cccc(C)c2)cc1OCC. The number of nitrogens with zero attached hydrogens (tertiary/aromatic N) is 1. The summed E-state index contributed by atoms with van der Waals surface area (Å²) >= 11 is 0. The van der Waals surface area contributed by atoms with Crippen molar-refractivity contribution in [3.8, 4) is 17.2 Å². The van der Waals surface area contributed by atoms with Gasteiger partial charge in [-0.25, -0.2) is 0 Å². The van der Waals surface area contributed by atoms with Crippen molar-refractivity contribution in [2.45, 2.75) is 53.7 Å². The summed E-state index contributed by atoms with van der Waals surface area (Å²) in [5, 5.41) is 11.5. The van der Waals surface area contributed by atoms with Crippen LogP contribution in [0.5, 0.6) is 17.2 Å². The molecule has 0 aliphatic carbocycles. The number of hydrogen-bond acceptors (Lipinski definition) is 6. The van der Waals surface area contributed by atoms with Gasteiger partial charge in [-0.3, -0.25) is 14.5 Å². The molecule has 3 aromatic rings. The van der Waals surface area contributed by atoms with Crippen LogP contribution in [0.15, 0.2) is 66.2 Å². The number of aryl methyl sites for hydroxylation is 2. The van der Waals surface area contributed by atoms with E-state index in [1.807, 2.05) is 65.8 Å². The topological polar surface area (TPSA) is 85.3 Å². The molecule has 1 amide bonds. The number of benzene rings is 3. The molecule has 1 heterocycles. The van der Waals surface area contributed by atoms with Crippen LogP contribution < -0.4 is 19.1 Å². The average Bonchev–Trinajstić information content (AvgIpc) is 3.16. The van der Waals surface area contributed by atoms with Crippen molar-refractivity contribution in [2.75, 3.05) is 18.1 Å². The largest absolute Gasteiger partial charge is 0.507 e. The fraction of sp³-hybridized carbons (Fsp3) is 0.312. The Balaban J connectivity index is 1.90. The van der Waals surface area contributed by atoms with Gasteiger partial charge in [-0.1, -0.05) is 29.8 Å². The molecule has 7 nitrogen and oxygen atoms in total. The molecule has 1 aliphatic rings. The van der Waals surface area contributed by atoms with Crippen molar-refractivity contribution in [1.82, 2.24) is 0 Å². The second-order valence-corrected chi connectivity index (χ2v) is 9.73. The van der Waals surface area contributed by atoms with E-state index >= 15 is 0 Å². The van der Waals surface area contributed by atoms with Crippen LogP contribution in [0.3, 0.4) is 0 Å². The Morgan fingerprint density at radius 3 is 2.23 bits per heavy atom. The first kappa shape index (κ1) is 27.8. The highest BCUT2D eigenvalue weighted by Gasteiger charge is 2.47. The average molecular weight is 530 g/mol. The number of ketones is 1. The third kappa shape index (κ3) is 5.62. The third-order valence-corrected chi connectivity index (χ3v) is 6.42. The van der Waals surface area contributed by atoms with E-state index in [1.54, 1.807) is 36.4 Å². The predicted molar refractivity (Wildman–Crippen MR) is 152 cm³/mol. The minimum atomic E-state index is -0.843. The third-order valence-electron chi connectivity index (χ3n) is 6.42. The van der Waals surface area contributed by atoms with Crippen LogP contribution in [0.1, 0.15) is 56.0 Å². The normalized spacial score (nSPS) is 16.6. The van der Waals surface area contributed by atoms with Gasteiger partial charge in [0.2, 0.25) is 0 Å². The second kappa shape index (κ2) is 11.6. The van der Waals surface area contributed by atoms with E-state index in [0.29, 0.717) is 47.3 Å². The van der Waals surface area contributed by atoms with Crippen LogP contribution in [-0.2, 0) is 9.59 Å². The summed E-state index contributed by atoms with van der Waals surface area (Å²) in [6, 6.07) is 17.1. The number of carbonyl (C=O) groups is 2. The molecule has 0 radical (unpaired) electrons. The van der Waals surface area contributed by atoms with Gasteiger partial charge in [-0.15, -0.1) is 0 Å². The van der Waals surface area contributed by atoms with Gasteiger partial charge in [0.25, 0.3) is 11.7 Å².